The number of amides is 1. The molecule has 0 aromatic heterocycles. The molecule has 0 radical (unpaired) electrons. The number of nitrogens with zero attached hydrogens (tertiary/aromatic N) is 1. The number of hydrogen-bond donors (Lipinski definition) is 0. The van der Waals surface area contributed by atoms with Gasteiger partial charge in [0.05, 0.1) is 6.04 Å². The lowest BCUT2D eigenvalue weighted by Gasteiger charge is -2.27. The third-order valence-electron chi connectivity index (χ3n) is 2.90. The van der Waals surface area contributed by atoms with E-state index in [0.717, 1.165) is 37.8 Å². The third-order valence-corrected chi connectivity index (χ3v) is 2.90. The molecule has 0 saturated carbocycles. The summed E-state index contributed by atoms with van der Waals surface area (Å²) >= 11 is 0. The normalized spacial score (nSPS) is 24.2. The van der Waals surface area contributed by atoms with Crippen molar-refractivity contribution in [2.24, 2.45) is 0 Å². The second-order valence-electron chi connectivity index (χ2n) is 3.93. The van der Waals surface area contributed by atoms with Crippen molar-refractivity contribution in [2.75, 3.05) is 6.61 Å². The van der Waals surface area contributed by atoms with Crippen molar-refractivity contribution in [2.45, 2.75) is 38.1 Å². The standard InChI is InChI=1S/C12H15NO2/c1-2-3-4-6-10-7-5-8-11-9-15-12(14)13(10)11/h1,7,11H,3-6,8-9H2/t11-/m1/s1. The molecule has 1 fully saturated rings. The fourth-order valence-electron chi connectivity index (χ4n) is 2.16. The van der Waals surface area contributed by atoms with Crippen LogP contribution in [0.2, 0.25) is 0 Å². The Hall–Kier alpha value is -1.43. The first kappa shape index (κ1) is 10.1. The van der Waals surface area contributed by atoms with Gasteiger partial charge in [0.2, 0.25) is 0 Å². The number of hydrogen-bond acceptors (Lipinski definition) is 2. The molecule has 2 aliphatic heterocycles. The second kappa shape index (κ2) is 4.39. The molecule has 0 bridgehead atoms. The Morgan fingerprint density at radius 1 is 1.67 bits per heavy atom. The van der Waals surface area contributed by atoms with Gasteiger partial charge in [-0.3, -0.25) is 4.90 Å². The summed E-state index contributed by atoms with van der Waals surface area (Å²) in [7, 11) is 0. The molecule has 2 aliphatic rings. The summed E-state index contributed by atoms with van der Waals surface area (Å²) in [6.07, 6.45) is 11.8. The van der Waals surface area contributed by atoms with Crippen molar-refractivity contribution in [1.29, 1.82) is 0 Å². The summed E-state index contributed by atoms with van der Waals surface area (Å²) in [6, 6.07) is 0.267. The van der Waals surface area contributed by atoms with Gasteiger partial charge in [-0.2, -0.15) is 0 Å². The number of terminal acetylenes is 1. The monoisotopic (exact) mass is 205 g/mol. The minimum absolute atomic E-state index is 0.188. The Labute approximate surface area is 90.1 Å². The third kappa shape index (κ3) is 1.99. The van der Waals surface area contributed by atoms with Gasteiger partial charge in [-0.1, -0.05) is 6.08 Å². The van der Waals surface area contributed by atoms with Gasteiger partial charge in [0.15, 0.2) is 0 Å². The molecule has 3 nitrogen and oxygen atoms in total. The van der Waals surface area contributed by atoms with Crippen LogP contribution in [0.1, 0.15) is 32.1 Å². The average Bonchev–Trinajstić information content (AvgIpc) is 2.62. The topological polar surface area (TPSA) is 29.5 Å². The van der Waals surface area contributed by atoms with Crippen LogP contribution in [0.25, 0.3) is 0 Å². The first-order valence-corrected chi connectivity index (χ1v) is 5.41. The summed E-state index contributed by atoms with van der Waals surface area (Å²) in [5.41, 5.74) is 1.10. The Kier molecular flexibility index (Phi) is 2.96. The zero-order chi connectivity index (χ0) is 10.7. The SMILES string of the molecule is C#CCCCC1=CCC[C@@H]2COC(=O)N12. The summed E-state index contributed by atoms with van der Waals surface area (Å²) in [4.78, 5) is 13.3. The number of unbranched alkanes of at least 4 members (excludes halogenated alkanes) is 1. The number of cyclic esters (lactones) is 1. The van der Waals surface area contributed by atoms with E-state index in [9.17, 15) is 4.79 Å². The van der Waals surface area contributed by atoms with Crippen LogP contribution in [0.5, 0.6) is 0 Å². The molecule has 15 heavy (non-hydrogen) atoms. The van der Waals surface area contributed by atoms with Gasteiger partial charge in [0, 0.05) is 12.1 Å². The molecular formula is C12H15NO2. The van der Waals surface area contributed by atoms with Crippen LogP contribution in [0, 0.1) is 12.3 Å². The van der Waals surface area contributed by atoms with E-state index in [0.29, 0.717) is 6.61 Å². The van der Waals surface area contributed by atoms with Crippen LogP contribution >= 0.6 is 0 Å². The quantitative estimate of drug-likeness (QED) is 0.522. The molecule has 0 N–H and O–H groups in total. The lowest BCUT2D eigenvalue weighted by Crippen LogP contribution is -2.35. The number of fused-ring (bicyclic) bond motifs is 1. The Morgan fingerprint density at radius 3 is 3.33 bits per heavy atom. The van der Waals surface area contributed by atoms with Crippen molar-refractivity contribution in [3.63, 3.8) is 0 Å². The number of rotatable bonds is 3. The number of allylic oxidation sites excluding steroid dienone is 2. The van der Waals surface area contributed by atoms with Gasteiger partial charge < -0.3 is 4.74 Å². The van der Waals surface area contributed by atoms with Gasteiger partial charge in [0.1, 0.15) is 6.61 Å². The lowest BCUT2D eigenvalue weighted by molar-refractivity contribution is 0.163. The zero-order valence-corrected chi connectivity index (χ0v) is 8.74. The molecule has 0 aliphatic carbocycles. The fourth-order valence-corrected chi connectivity index (χ4v) is 2.16. The maximum Gasteiger partial charge on any atom is 0.414 e. The van der Waals surface area contributed by atoms with Crippen LogP contribution in [0.3, 0.4) is 0 Å². The Balaban J connectivity index is 2.00. The first-order chi connectivity index (χ1) is 7.33. The second-order valence-corrected chi connectivity index (χ2v) is 3.93. The molecule has 0 aromatic rings. The van der Waals surface area contributed by atoms with Gasteiger partial charge in [-0.15, -0.1) is 12.3 Å². The van der Waals surface area contributed by atoms with Gasteiger partial charge in [0.25, 0.3) is 0 Å². The molecule has 1 saturated heterocycles. The van der Waals surface area contributed by atoms with Gasteiger partial charge >= 0.3 is 6.09 Å². The van der Waals surface area contributed by atoms with E-state index < -0.39 is 0 Å². The molecule has 0 aromatic carbocycles. The van der Waals surface area contributed by atoms with E-state index in [4.69, 9.17) is 11.2 Å². The van der Waals surface area contributed by atoms with E-state index in [-0.39, 0.29) is 12.1 Å². The van der Waals surface area contributed by atoms with Crippen molar-refractivity contribution < 1.29 is 9.53 Å². The maximum absolute atomic E-state index is 11.5. The van der Waals surface area contributed by atoms with Crippen molar-refractivity contribution in [3.05, 3.63) is 11.8 Å². The summed E-state index contributed by atoms with van der Waals surface area (Å²) in [5, 5.41) is 0. The van der Waals surface area contributed by atoms with Crippen LogP contribution in [-0.2, 0) is 4.74 Å². The van der Waals surface area contributed by atoms with E-state index in [1.807, 2.05) is 0 Å². The minimum atomic E-state index is -0.188. The van der Waals surface area contributed by atoms with E-state index in [1.165, 1.54) is 0 Å². The predicted octanol–water partition coefficient (Wildman–Crippen LogP) is 2.29. The first-order valence-electron chi connectivity index (χ1n) is 5.41. The van der Waals surface area contributed by atoms with Crippen molar-refractivity contribution in [3.8, 4) is 12.3 Å². The lowest BCUT2D eigenvalue weighted by atomic mass is 10.0. The van der Waals surface area contributed by atoms with Crippen LogP contribution in [-0.4, -0.2) is 23.6 Å². The highest BCUT2D eigenvalue weighted by molar-refractivity contribution is 5.72. The molecule has 1 amide bonds. The maximum atomic E-state index is 11.5. The molecule has 3 heteroatoms. The largest absolute Gasteiger partial charge is 0.447 e. The Morgan fingerprint density at radius 2 is 2.53 bits per heavy atom. The number of ether oxygens (including phenoxy) is 1. The summed E-state index contributed by atoms with van der Waals surface area (Å²) < 4.78 is 5.04. The van der Waals surface area contributed by atoms with Crippen LogP contribution < -0.4 is 0 Å². The van der Waals surface area contributed by atoms with Gasteiger partial charge in [-0.25, -0.2) is 4.79 Å². The highest BCUT2D eigenvalue weighted by atomic mass is 16.6. The van der Waals surface area contributed by atoms with E-state index in [1.54, 1.807) is 4.90 Å². The summed E-state index contributed by atoms with van der Waals surface area (Å²) in [5.74, 6) is 2.62. The van der Waals surface area contributed by atoms with E-state index in [2.05, 4.69) is 12.0 Å². The molecular weight excluding hydrogens is 190 g/mol. The number of carbonyl (C=O) groups excluding carboxylic acids is 1. The highest BCUT2D eigenvalue weighted by Gasteiger charge is 2.36. The fraction of sp³-hybridized carbons (Fsp3) is 0.583. The van der Waals surface area contributed by atoms with Gasteiger partial charge in [-0.05, 0) is 25.7 Å². The van der Waals surface area contributed by atoms with Crippen LogP contribution in [0.15, 0.2) is 11.8 Å². The molecule has 0 spiro atoms. The molecule has 0 unspecified atom stereocenters. The average molecular weight is 205 g/mol. The minimum Gasteiger partial charge on any atom is -0.447 e. The van der Waals surface area contributed by atoms with E-state index >= 15 is 0 Å². The predicted molar refractivity (Wildman–Crippen MR) is 57.0 cm³/mol. The number of carbonyl (C=O) groups is 1. The molecule has 1 atom stereocenters. The van der Waals surface area contributed by atoms with Crippen molar-refractivity contribution >= 4 is 6.09 Å². The molecule has 2 heterocycles. The molecule has 2 rings (SSSR count). The van der Waals surface area contributed by atoms with Crippen molar-refractivity contribution in [1.82, 2.24) is 4.90 Å². The summed E-state index contributed by atoms with van der Waals surface area (Å²) in [6.45, 7) is 0.547. The highest BCUT2D eigenvalue weighted by Crippen LogP contribution is 2.29. The Bertz CT molecular complexity index is 327. The smallest absolute Gasteiger partial charge is 0.414 e. The molecule has 80 valence electrons. The van der Waals surface area contributed by atoms with Crippen LogP contribution in [0.4, 0.5) is 4.79 Å². The zero-order valence-electron chi connectivity index (χ0n) is 8.74.